The number of hydrogen-bond acceptors (Lipinski definition) is 4. The first kappa shape index (κ1) is 18.3. The molecular weight excluding hydrogens is 340 g/mol. The molecule has 1 amide bonds. The second-order valence-electron chi connectivity index (χ2n) is 5.29. The van der Waals surface area contributed by atoms with Crippen LogP contribution in [0.3, 0.4) is 0 Å². The Morgan fingerprint density at radius 1 is 1.46 bits per heavy atom. The Labute approximate surface area is 143 Å². The highest BCUT2D eigenvalue weighted by molar-refractivity contribution is 7.80. The fourth-order valence-electron chi connectivity index (χ4n) is 2.09. The van der Waals surface area contributed by atoms with Crippen LogP contribution >= 0.6 is 12.2 Å². The zero-order chi connectivity index (χ0) is 17.5. The molecule has 6 nitrogen and oxygen atoms in total. The SMILES string of the molecule is C[C@@H](Oc1ccc(F)cc1F)C(=O)NNC(=S)NC[C@H]1CCCO1. The van der Waals surface area contributed by atoms with Gasteiger partial charge in [-0.05, 0) is 44.1 Å². The number of benzene rings is 1. The van der Waals surface area contributed by atoms with Crippen LogP contribution in [0.2, 0.25) is 0 Å². The van der Waals surface area contributed by atoms with Crippen LogP contribution in [0.15, 0.2) is 18.2 Å². The van der Waals surface area contributed by atoms with E-state index in [4.69, 9.17) is 21.7 Å². The van der Waals surface area contributed by atoms with Crippen LogP contribution in [0.1, 0.15) is 19.8 Å². The second-order valence-corrected chi connectivity index (χ2v) is 5.70. The molecular formula is C15H19F2N3O3S. The van der Waals surface area contributed by atoms with Crippen LogP contribution < -0.4 is 20.9 Å². The molecule has 2 atom stereocenters. The first-order valence-electron chi connectivity index (χ1n) is 7.52. The highest BCUT2D eigenvalue weighted by Gasteiger charge is 2.18. The zero-order valence-electron chi connectivity index (χ0n) is 13.1. The van der Waals surface area contributed by atoms with Crippen molar-refractivity contribution in [2.24, 2.45) is 0 Å². The predicted octanol–water partition coefficient (Wildman–Crippen LogP) is 1.41. The summed E-state index contributed by atoms with van der Waals surface area (Å²) in [4.78, 5) is 11.9. The summed E-state index contributed by atoms with van der Waals surface area (Å²) < 4.78 is 36.9. The van der Waals surface area contributed by atoms with E-state index in [1.807, 2.05) is 0 Å². The highest BCUT2D eigenvalue weighted by Crippen LogP contribution is 2.18. The lowest BCUT2D eigenvalue weighted by Gasteiger charge is -2.17. The van der Waals surface area contributed by atoms with E-state index in [0.717, 1.165) is 31.6 Å². The maximum atomic E-state index is 13.5. The van der Waals surface area contributed by atoms with Gasteiger partial charge in [-0.3, -0.25) is 15.6 Å². The number of rotatable bonds is 5. The summed E-state index contributed by atoms with van der Waals surface area (Å²) in [6.07, 6.45) is 1.11. The molecule has 0 aliphatic carbocycles. The number of nitrogens with one attached hydrogen (secondary N) is 3. The number of thiocarbonyl (C=S) groups is 1. The third-order valence-corrected chi connectivity index (χ3v) is 3.63. The van der Waals surface area contributed by atoms with Gasteiger partial charge in [-0.1, -0.05) is 0 Å². The van der Waals surface area contributed by atoms with E-state index in [0.29, 0.717) is 12.6 Å². The fraction of sp³-hybridized carbons (Fsp3) is 0.467. The van der Waals surface area contributed by atoms with Gasteiger partial charge in [-0.2, -0.15) is 0 Å². The molecule has 0 bridgehead atoms. The van der Waals surface area contributed by atoms with E-state index in [1.165, 1.54) is 6.92 Å². The molecule has 132 valence electrons. The Hall–Kier alpha value is -2.00. The van der Waals surface area contributed by atoms with Gasteiger partial charge in [-0.15, -0.1) is 0 Å². The summed E-state index contributed by atoms with van der Waals surface area (Å²) in [6, 6.07) is 2.85. The molecule has 0 unspecified atom stereocenters. The van der Waals surface area contributed by atoms with Crippen LogP contribution in [-0.2, 0) is 9.53 Å². The topological polar surface area (TPSA) is 71.6 Å². The molecule has 1 aliphatic heterocycles. The lowest BCUT2D eigenvalue weighted by atomic mass is 10.2. The Morgan fingerprint density at radius 3 is 2.92 bits per heavy atom. The Balaban J connectivity index is 1.71. The number of hydrogen-bond donors (Lipinski definition) is 3. The third kappa shape index (κ3) is 5.57. The number of carbonyl (C=O) groups is 1. The summed E-state index contributed by atoms with van der Waals surface area (Å²) >= 11 is 5.02. The largest absolute Gasteiger partial charge is 0.478 e. The van der Waals surface area contributed by atoms with E-state index >= 15 is 0 Å². The van der Waals surface area contributed by atoms with Crippen molar-refractivity contribution in [2.45, 2.75) is 32.0 Å². The van der Waals surface area contributed by atoms with Gasteiger partial charge in [-0.25, -0.2) is 8.78 Å². The van der Waals surface area contributed by atoms with Gasteiger partial charge in [0.15, 0.2) is 22.8 Å². The number of amides is 1. The van der Waals surface area contributed by atoms with E-state index in [9.17, 15) is 13.6 Å². The summed E-state index contributed by atoms with van der Waals surface area (Å²) in [7, 11) is 0. The Morgan fingerprint density at radius 2 is 2.25 bits per heavy atom. The average molecular weight is 359 g/mol. The molecule has 1 fully saturated rings. The molecule has 24 heavy (non-hydrogen) atoms. The minimum Gasteiger partial charge on any atom is -0.478 e. The van der Waals surface area contributed by atoms with Gasteiger partial charge in [0.1, 0.15) is 5.82 Å². The van der Waals surface area contributed by atoms with Gasteiger partial charge >= 0.3 is 0 Å². The van der Waals surface area contributed by atoms with Crippen LogP contribution in [0.4, 0.5) is 8.78 Å². The van der Waals surface area contributed by atoms with Crippen molar-refractivity contribution in [3.8, 4) is 5.75 Å². The third-order valence-electron chi connectivity index (χ3n) is 3.38. The van der Waals surface area contributed by atoms with Crippen molar-refractivity contribution >= 4 is 23.2 Å². The maximum Gasteiger partial charge on any atom is 0.279 e. The Kier molecular flexibility index (Phi) is 6.68. The summed E-state index contributed by atoms with van der Waals surface area (Å²) in [5.41, 5.74) is 4.88. The van der Waals surface area contributed by atoms with Crippen molar-refractivity contribution < 1.29 is 23.0 Å². The maximum absolute atomic E-state index is 13.5. The smallest absolute Gasteiger partial charge is 0.279 e. The summed E-state index contributed by atoms with van der Waals surface area (Å²) in [6.45, 7) is 2.73. The normalized spacial score (nSPS) is 17.9. The lowest BCUT2D eigenvalue weighted by molar-refractivity contribution is -0.127. The van der Waals surface area contributed by atoms with Gasteiger partial charge in [0.2, 0.25) is 0 Å². The quantitative estimate of drug-likeness (QED) is 0.545. The lowest BCUT2D eigenvalue weighted by Crippen LogP contribution is -2.51. The Bertz CT molecular complexity index is 597. The van der Waals surface area contributed by atoms with Crippen LogP contribution in [-0.4, -0.2) is 36.4 Å². The summed E-state index contributed by atoms with van der Waals surface area (Å²) in [5, 5.41) is 3.16. The minimum atomic E-state index is -1.00. The van der Waals surface area contributed by atoms with Gasteiger partial charge < -0.3 is 14.8 Å². The molecule has 1 aliphatic rings. The van der Waals surface area contributed by atoms with Crippen molar-refractivity contribution in [3.05, 3.63) is 29.8 Å². The monoisotopic (exact) mass is 359 g/mol. The van der Waals surface area contributed by atoms with Crippen LogP contribution in [0.5, 0.6) is 5.75 Å². The molecule has 2 rings (SSSR count). The van der Waals surface area contributed by atoms with Crippen molar-refractivity contribution in [1.82, 2.24) is 16.2 Å². The van der Waals surface area contributed by atoms with Crippen LogP contribution in [0, 0.1) is 11.6 Å². The van der Waals surface area contributed by atoms with Crippen LogP contribution in [0.25, 0.3) is 0 Å². The second kappa shape index (κ2) is 8.74. The zero-order valence-corrected chi connectivity index (χ0v) is 13.9. The molecule has 0 aromatic heterocycles. The van der Waals surface area contributed by atoms with Crippen molar-refractivity contribution in [2.75, 3.05) is 13.2 Å². The number of carbonyl (C=O) groups excluding carboxylic acids is 1. The molecule has 3 N–H and O–H groups in total. The summed E-state index contributed by atoms with van der Waals surface area (Å²) in [5.74, 6) is -2.37. The van der Waals surface area contributed by atoms with Gasteiger partial charge in [0.05, 0.1) is 6.10 Å². The van der Waals surface area contributed by atoms with Gasteiger partial charge in [0, 0.05) is 19.2 Å². The van der Waals surface area contributed by atoms with E-state index in [-0.39, 0.29) is 17.0 Å². The predicted molar refractivity (Wildman–Crippen MR) is 87.3 cm³/mol. The molecule has 0 saturated carbocycles. The first-order chi connectivity index (χ1) is 11.5. The van der Waals surface area contributed by atoms with Crippen molar-refractivity contribution in [1.29, 1.82) is 0 Å². The standard InChI is InChI=1S/C15H19F2N3O3S/c1-9(23-13-5-4-10(16)7-12(13)17)14(21)19-20-15(24)18-8-11-3-2-6-22-11/h4-5,7,9,11H,2-3,6,8H2,1H3,(H,19,21)(H2,18,20,24)/t9-,11-/m1/s1. The van der Waals surface area contributed by atoms with E-state index in [2.05, 4.69) is 16.2 Å². The minimum absolute atomic E-state index is 0.115. The molecule has 0 radical (unpaired) electrons. The number of hydrazine groups is 1. The number of ether oxygens (including phenoxy) is 2. The van der Waals surface area contributed by atoms with Gasteiger partial charge in [0.25, 0.3) is 5.91 Å². The molecule has 0 spiro atoms. The van der Waals surface area contributed by atoms with E-state index < -0.39 is 23.6 Å². The first-order valence-corrected chi connectivity index (χ1v) is 7.93. The fourth-order valence-corrected chi connectivity index (χ4v) is 2.23. The number of halogens is 2. The average Bonchev–Trinajstić information content (AvgIpc) is 3.06. The van der Waals surface area contributed by atoms with E-state index in [1.54, 1.807) is 0 Å². The molecule has 9 heteroatoms. The molecule has 1 heterocycles. The molecule has 1 aromatic rings. The molecule has 1 aromatic carbocycles. The van der Waals surface area contributed by atoms with Crippen molar-refractivity contribution in [3.63, 3.8) is 0 Å². The highest BCUT2D eigenvalue weighted by atomic mass is 32.1. The molecule has 1 saturated heterocycles.